The van der Waals surface area contributed by atoms with E-state index in [4.69, 9.17) is 18.6 Å². The van der Waals surface area contributed by atoms with Crippen LogP contribution in [0.25, 0.3) is 21.9 Å². The number of aliphatic hydroxyl groups is 1. The normalized spacial score (nSPS) is 11.6. The zero-order chi connectivity index (χ0) is 27.2. The lowest BCUT2D eigenvalue weighted by atomic mass is 10.0. The predicted molar refractivity (Wildman–Crippen MR) is 153 cm³/mol. The highest BCUT2D eigenvalue weighted by Gasteiger charge is 2.22. The van der Waals surface area contributed by atoms with Gasteiger partial charge in [0.1, 0.15) is 35.7 Å². The first-order chi connectivity index (χ1) is 19.1. The minimum atomic E-state index is -0.216. The van der Waals surface area contributed by atoms with E-state index in [0.717, 1.165) is 16.7 Å². The fourth-order valence-electron chi connectivity index (χ4n) is 4.43. The number of methoxy groups -OCH3 is 1. The van der Waals surface area contributed by atoms with Gasteiger partial charge in [0.05, 0.1) is 19.1 Å². The lowest BCUT2D eigenvalue weighted by Crippen LogP contribution is -2.08. The smallest absolute Gasteiger partial charge is 0.204 e. The van der Waals surface area contributed by atoms with Crippen molar-refractivity contribution in [3.8, 4) is 17.2 Å². The van der Waals surface area contributed by atoms with Crippen molar-refractivity contribution in [1.82, 2.24) is 0 Å². The molecule has 5 rings (SSSR count). The van der Waals surface area contributed by atoms with E-state index in [-0.39, 0.29) is 12.0 Å². The molecule has 198 valence electrons. The Morgan fingerprint density at radius 1 is 0.821 bits per heavy atom. The van der Waals surface area contributed by atoms with E-state index in [9.17, 15) is 9.90 Å². The van der Waals surface area contributed by atoms with Crippen molar-refractivity contribution >= 4 is 21.9 Å². The highest BCUT2D eigenvalue weighted by molar-refractivity contribution is 5.97. The minimum absolute atomic E-state index is 0.0708. The lowest BCUT2D eigenvalue weighted by molar-refractivity contribution is 0.300. The van der Waals surface area contributed by atoms with Crippen molar-refractivity contribution in [1.29, 1.82) is 0 Å². The molecule has 0 amide bonds. The summed E-state index contributed by atoms with van der Waals surface area (Å²) >= 11 is 0. The van der Waals surface area contributed by atoms with Gasteiger partial charge in [0.2, 0.25) is 5.43 Å². The molecule has 0 saturated heterocycles. The second kappa shape index (κ2) is 11.9. The van der Waals surface area contributed by atoms with E-state index in [1.165, 1.54) is 7.11 Å². The van der Waals surface area contributed by atoms with Crippen LogP contribution in [0.1, 0.15) is 23.6 Å². The summed E-state index contributed by atoms with van der Waals surface area (Å²) < 4.78 is 24.5. The van der Waals surface area contributed by atoms with Crippen molar-refractivity contribution in [3.63, 3.8) is 0 Å². The van der Waals surface area contributed by atoms with E-state index in [1.54, 1.807) is 24.3 Å². The quantitative estimate of drug-likeness (QED) is 0.165. The van der Waals surface area contributed by atoms with Gasteiger partial charge in [0.15, 0.2) is 11.3 Å². The molecule has 0 aliphatic rings. The SMILES string of the molecule is COc1cc(OCc2ccccc2)c(CC=C(C)CO)c2oc3c(OCc4ccccc4)cccc3c(=O)c12. The third kappa shape index (κ3) is 5.66. The van der Waals surface area contributed by atoms with Crippen molar-refractivity contribution in [2.24, 2.45) is 0 Å². The van der Waals surface area contributed by atoms with Gasteiger partial charge < -0.3 is 23.7 Å². The molecule has 0 atom stereocenters. The molecule has 5 aromatic rings. The van der Waals surface area contributed by atoms with E-state index in [1.807, 2.05) is 73.7 Å². The molecule has 0 aliphatic heterocycles. The van der Waals surface area contributed by atoms with Crippen molar-refractivity contribution < 1.29 is 23.7 Å². The standard InChI is InChI=1S/C33H30O6/c1-22(19-34)16-17-25-28(38-21-24-12-7-4-8-13-24)18-29(36-2)30-31(35)26-14-9-15-27(32(26)39-33(25)30)37-20-23-10-5-3-6-11-23/h3-16,18,34H,17,19-21H2,1-2H3. The third-order valence-electron chi connectivity index (χ3n) is 6.56. The van der Waals surface area contributed by atoms with Gasteiger partial charge in [-0.05, 0) is 36.6 Å². The van der Waals surface area contributed by atoms with E-state index in [0.29, 0.717) is 64.4 Å². The molecule has 0 unspecified atom stereocenters. The second-order valence-corrected chi connectivity index (χ2v) is 9.28. The van der Waals surface area contributed by atoms with E-state index in [2.05, 4.69) is 0 Å². The highest BCUT2D eigenvalue weighted by atomic mass is 16.5. The van der Waals surface area contributed by atoms with Crippen molar-refractivity contribution in [2.45, 2.75) is 26.6 Å². The Hall–Kier alpha value is -4.55. The molecular formula is C33H30O6. The number of benzene rings is 4. The van der Waals surface area contributed by atoms with E-state index < -0.39 is 0 Å². The Labute approximate surface area is 226 Å². The molecule has 0 aliphatic carbocycles. The Balaban J connectivity index is 1.68. The molecule has 1 heterocycles. The number of aliphatic hydroxyl groups excluding tert-OH is 1. The number of hydrogen-bond acceptors (Lipinski definition) is 6. The first-order valence-corrected chi connectivity index (χ1v) is 12.8. The number of rotatable bonds is 10. The maximum Gasteiger partial charge on any atom is 0.204 e. The molecule has 4 aromatic carbocycles. The second-order valence-electron chi connectivity index (χ2n) is 9.28. The number of hydrogen-bond donors (Lipinski definition) is 1. The van der Waals surface area contributed by atoms with Crippen LogP contribution in [0.3, 0.4) is 0 Å². The van der Waals surface area contributed by atoms with Gasteiger partial charge in [-0.3, -0.25) is 4.79 Å². The Morgan fingerprint density at radius 2 is 1.46 bits per heavy atom. The van der Waals surface area contributed by atoms with Crippen LogP contribution in [0.2, 0.25) is 0 Å². The summed E-state index contributed by atoms with van der Waals surface area (Å²) in [7, 11) is 1.52. The molecule has 6 nitrogen and oxygen atoms in total. The average Bonchev–Trinajstić information content (AvgIpc) is 2.98. The molecule has 0 fully saturated rings. The summed E-state index contributed by atoms with van der Waals surface area (Å²) in [6.45, 7) is 2.43. The monoisotopic (exact) mass is 522 g/mol. The van der Waals surface area contributed by atoms with E-state index >= 15 is 0 Å². The zero-order valence-corrected chi connectivity index (χ0v) is 22.0. The van der Waals surface area contributed by atoms with Crippen molar-refractivity contribution in [2.75, 3.05) is 13.7 Å². The molecule has 0 bridgehead atoms. The van der Waals surface area contributed by atoms with Gasteiger partial charge in [0, 0.05) is 11.6 Å². The predicted octanol–water partition coefficient (Wildman–Crippen LogP) is 6.59. The van der Waals surface area contributed by atoms with Crippen molar-refractivity contribution in [3.05, 3.63) is 123 Å². The molecule has 6 heteroatoms. The number of para-hydroxylation sites is 1. The largest absolute Gasteiger partial charge is 0.496 e. The summed E-state index contributed by atoms with van der Waals surface area (Å²) in [5, 5.41) is 10.3. The first-order valence-electron chi connectivity index (χ1n) is 12.8. The van der Waals surface area contributed by atoms with Crippen LogP contribution in [0.5, 0.6) is 17.2 Å². The molecule has 0 saturated carbocycles. The molecule has 39 heavy (non-hydrogen) atoms. The van der Waals surface area contributed by atoms with Crippen LogP contribution < -0.4 is 19.6 Å². The summed E-state index contributed by atoms with van der Waals surface area (Å²) in [4.78, 5) is 13.8. The Bertz CT molecular complexity index is 1670. The Morgan fingerprint density at radius 3 is 2.08 bits per heavy atom. The average molecular weight is 523 g/mol. The van der Waals surface area contributed by atoms with Crippen LogP contribution in [-0.2, 0) is 19.6 Å². The molecule has 0 spiro atoms. The van der Waals surface area contributed by atoms with Crippen LogP contribution >= 0.6 is 0 Å². The summed E-state index contributed by atoms with van der Waals surface area (Å²) in [5.74, 6) is 1.37. The maximum atomic E-state index is 13.8. The molecule has 1 N–H and O–H groups in total. The van der Waals surface area contributed by atoms with Crippen LogP contribution in [0, 0.1) is 0 Å². The Kier molecular flexibility index (Phi) is 7.94. The minimum Gasteiger partial charge on any atom is -0.496 e. The topological polar surface area (TPSA) is 78.1 Å². The number of ether oxygens (including phenoxy) is 3. The van der Waals surface area contributed by atoms with Crippen LogP contribution in [0.15, 0.2) is 106 Å². The molecule has 0 radical (unpaired) electrons. The lowest BCUT2D eigenvalue weighted by Gasteiger charge is -2.17. The summed E-state index contributed by atoms with van der Waals surface area (Å²) in [6.07, 6.45) is 2.29. The van der Waals surface area contributed by atoms with Gasteiger partial charge >= 0.3 is 0 Å². The first kappa shape index (κ1) is 26.1. The van der Waals surface area contributed by atoms with Crippen LogP contribution in [0.4, 0.5) is 0 Å². The molecular weight excluding hydrogens is 492 g/mol. The highest BCUT2D eigenvalue weighted by Crippen LogP contribution is 2.38. The maximum absolute atomic E-state index is 13.8. The van der Waals surface area contributed by atoms with Crippen LogP contribution in [-0.4, -0.2) is 18.8 Å². The van der Waals surface area contributed by atoms with Gasteiger partial charge in [-0.15, -0.1) is 0 Å². The zero-order valence-electron chi connectivity index (χ0n) is 22.0. The van der Waals surface area contributed by atoms with Gasteiger partial charge in [-0.2, -0.15) is 0 Å². The summed E-state index contributed by atoms with van der Waals surface area (Å²) in [5.41, 5.74) is 3.99. The molecule has 1 aromatic heterocycles. The van der Waals surface area contributed by atoms with Gasteiger partial charge in [-0.1, -0.05) is 78.4 Å². The van der Waals surface area contributed by atoms with Gasteiger partial charge in [-0.25, -0.2) is 0 Å². The fourth-order valence-corrected chi connectivity index (χ4v) is 4.43. The number of allylic oxidation sites excluding steroid dienone is 1. The van der Waals surface area contributed by atoms with Gasteiger partial charge in [0.25, 0.3) is 0 Å². The summed E-state index contributed by atoms with van der Waals surface area (Å²) in [6, 6.07) is 26.7. The third-order valence-corrected chi connectivity index (χ3v) is 6.56. The number of fused-ring (bicyclic) bond motifs is 2. The fraction of sp³-hybridized carbons (Fsp3) is 0.182.